The molecule has 2 aromatic rings. The normalized spacial score (nSPS) is 21.3. The van der Waals surface area contributed by atoms with E-state index in [-0.39, 0.29) is 22.7 Å². The molecule has 2 aliphatic heterocycles. The molecule has 0 radical (unpaired) electrons. The summed E-state index contributed by atoms with van der Waals surface area (Å²) >= 11 is 0. The number of aryl methyl sites for hydroxylation is 1. The fourth-order valence-electron chi connectivity index (χ4n) is 4.10. The molecule has 2 aliphatic rings. The minimum atomic E-state index is -3.55. The summed E-state index contributed by atoms with van der Waals surface area (Å²) in [4.78, 5) is 12.8. The van der Waals surface area contributed by atoms with Crippen molar-refractivity contribution in [1.29, 1.82) is 0 Å². The zero-order valence-electron chi connectivity index (χ0n) is 16.8. The third-order valence-electron chi connectivity index (χ3n) is 5.83. The highest BCUT2D eigenvalue weighted by molar-refractivity contribution is 7.89. The summed E-state index contributed by atoms with van der Waals surface area (Å²) in [5.74, 6) is -0.0755. The maximum Gasteiger partial charge on any atom is 0.287 e. The quantitative estimate of drug-likeness (QED) is 0.802. The van der Waals surface area contributed by atoms with Gasteiger partial charge in [-0.15, -0.1) is 0 Å². The number of carbonyl (C=O) groups excluding carboxylic acids is 1. The van der Waals surface area contributed by atoms with Gasteiger partial charge in [0.2, 0.25) is 10.0 Å². The van der Waals surface area contributed by atoms with Gasteiger partial charge in [-0.2, -0.15) is 4.31 Å². The molecule has 158 valence electrons. The number of ether oxygens (including phenoxy) is 1. The van der Waals surface area contributed by atoms with Crippen molar-refractivity contribution in [3.8, 4) is 0 Å². The Labute approximate surface area is 171 Å². The number of nitrogens with one attached hydrogen (secondary N) is 1. The molecule has 29 heavy (non-hydrogen) atoms. The Hall–Kier alpha value is -1.90. The van der Waals surface area contributed by atoms with Gasteiger partial charge in [-0.3, -0.25) is 4.79 Å². The SMILES string of the molecule is Cc1c(C(=O)NC[C@H]2CCCO2)oc2ccc(S(=O)(=O)N3CCCCCC3)cc12. The van der Waals surface area contributed by atoms with E-state index >= 15 is 0 Å². The number of hydrogen-bond donors (Lipinski definition) is 1. The topological polar surface area (TPSA) is 88.8 Å². The Bertz CT molecular complexity index is 984. The van der Waals surface area contributed by atoms with Crippen molar-refractivity contribution in [1.82, 2.24) is 9.62 Å². The predicted octanol–water partition coefficient (Wildman–Crippen LogP) is 3.21. The second-order valence-corrected chi connectivity index (χ2v) is 9.82. The lowest BCUT2D eigenvalue weighted by Crippen LogP contribution is -2.32. The van der Waals surface area contributed by atoms with Crippen LogP contribution in [0, 0.1) is 6.92 Å². The number of hydrogen-bond acceptors (Lipinski definition) is 5. The van der Waals surface area contributed by atoms with Crippen LogP contribution in [0.15, 0.2) is 27.5 Å². The van der Waals surface area contributed by atoms with E-state index in [4.69, 9.17) is 9.15 Å². The maximum atomic E-state index is 13.1. The summed E-state index contributed by atoms with van der Waals surface area (Å²) in [6, 6.07) is 4.84. The van der Waals surface area contributed by atoms with E-state index in [1.165, 1.54) is 0 Å². The summed E-state index contributed by atoms with van der Waals surface area (Å²) < 4.78 is 39.0. The zero-order valence-corrected chi connectivity index (χ0v) is 17.6. The van der Waals surface area contributed by atoms with Crippen LogP contribution in [0.25, 0.3) is 11.0 Å². The predicted molar refractivity (Wildman–Crippen MR) is 109 cm³/mol. The summed E-state index contributed by atoms with van der Waals surface area (Å²) in [6.07, 6.45) is 5.92. The van der Waals surface area contributed by atoms with Crippen molar-refractivity contribution in [2.24, 2.45) is 0 Å². The molecular formula is C21H28N2O5S. The molecule has 1 aromatic carbocycles. The van der Waals surface area contributed by atoms with E-state index in [1.807, 2.05) is 0 Å². The smallest absolute Gasteiger partial charge is 0.287 e. The summed E-state index contributed by atoms with van der Waals surface area (Å²) in [7, 11) is -3.55. The molecule has 2 fully saturated rings. The standard InChI is InChI=1S/C21H28N2O5S/c1-15-18-13-17(29(25,26)23-10-4-2-3-5-11-23)8-9-19(18)28-20(15)21(24)22-14-16-7-6-12-27-16/h8-9,13,16H,2-7,10-12,14H2,1H3,(H,22,24)/t16-/m1/s1. The van der Waals surface area contributed by atoms with Crippen LogP contribution < -0.4 is 5.32 Å². The van der Waals surface area contributed by atoms with E-state index in [9.17, 15) is 13.2 Å². The molecule has 0 spiro atoms. The monoisotopic (exact) mass is 420 g/mol. The summed E-state index contributed by atoms with van der Waals surface area (Å²) in [6.45, 7) is 4.08. The van der Waals surface area contributed by atoms with Gasteiger partial charge in [0, 0.05) is 37.2 Å². The van der Waals surface area contributed by atoms with Crippen molar-refractivity contribution in [3.05, 3.63) is 29.5 Å². The van der Waals surface area contributed by atoms with E-state index in [1.54, 1.807) is 29.4 Å². The van der Waals surface area contributed by atoms with Crippen molar-refractivity contribution >= 4 is 26.9 Å². The largest absolute Gasteiger partial charge is 0.451 e. The second kappa shape index (κ2) is 8.45. The Morgan fingerprint density at radius 1 is 1.17 bits per heavy atom. The third kappa shape index (κ3) is 4.20. The number of sulfonamides is 1. The molecule has 1 amide bonds. The van der Waals surface area contributed by atoms with Crippen molar-refractivity contribution in [2.75, 3.05) is 26.2 Å². The van der Waals surface area contributed by atoms with Gasteiger partial charge < -0.3 is 14.5 Å². The fraction of sp³-hybridized carbons (Fsp3) is 0.571. The lowest BCUT2D eigenvalue weighted by atomic mass is 10.1. The lowest BCUT2D eigenvalue weighted by Gasteiger charge is -2.19. The third-order valence-corrected chi connectivity index (χ3v) is 7.73. The number of furan rings is 1. The minimum absolute atomic E-state index is 0.0500. The first-order valence-electron chi connectivity index (χ1n) is 10.4. The Balaban J connectivity index is 1.57. The van der Waals surface area contributed by atoms with E-state index < -0.39 is 10.0 Å². The van der Waals surface area contributed by atoms with E-state index in [2.05, 4.69) is 5.32 Å². The van der Waals surface area contributed by atoms with Crippen LogP contribution in [-0.4, -0.2) is 51.0 Å². The van der Waals surface area contributed by atoms with Gasteiger partial charge in [-0.25, -0.2) is 8.42 Å². The molecule has 1 atom stereocenters. The number of nitrogens with zero attached hydrogens (tertiary/aromatic N) is 1. The molecule has 0 unspecified atom stereocenters. The van der Waals surface area contributed by atoms with Gasteiger partial charge in [0.25, 0.3) is 5.91 Å². The molecule has 1 N–H and O–H groups in total. The molecule has 1 aromatic heterocycles. The first kappa shape index (κ1) is 20.4. The number of benzene rings is 1. The van der Waals surface area contributed by atoms with Crippen LogP contribution in [0.3, 0.4) is 0 Å². The van der Waals surface area contributed by atoms with Crippen LogP contribution in [-0.2, 0) is 14.8 Å². The van der Waals surface area contributed by atoms with Gasteiger partial charge >= 0.3 is 0 Å². The molecule has 4 rings (SSSR count). The Morgan fingerprint density at radius 2 is 1.93 bits per heavy atom. The van der Waals surface area contributed by atoms with Crippen molar-refractivity contribution < 1.29 is 22.4 Å². The average Bonchev–Trinajstić information content (AvgIpc) is 3.24. The first-order valence-corrected chi connectivity index (χ1v) is 11.8. The average molecular weight is 421 g/mol. The van der Waals surface area contributed by atoms with Gasteiger partial charge in [0.1, 0.15) is 5.58 Å². The van der Waals surface area contributed by atoms with Crippen LogP contribution in [0.5, 0.6) is 0 Å². The summed E-state index contributed by atoms with van der Waals surface area (Å²) in [5, 5.41) is 3.52. The molecule has 8 heteroatoms. The minimum Gasteiger partial charge on any atom is -0.451 e. The fourth-order valence-corrected chi connectivity index (χ4v) is 5.64. The van der Waals surface area contributed by atoms with Crippen LogP contribution in [0.2, 0.25) is 0 Å². The van der Waals surface area contributed by atoms with E-state index in [0.29, 0.717) is 36.2 Å². The van der Waals surface area contributed by atoms with E-state index in [0.717, 1.165) is 45.1 Å². The van der Waals surface area contributed by atoms with Gasteiger partial charge in [0.15, 0.2) is 5.76 Å². The number of amides is 1. The van der Waals surface area contributed by atoms with Crippen LogP contribution in [0.4, 0.5) is 0 Å². The molecule has 0 saturated carbocycles. The second-order valence-electron chi connectivity index (χ2n) is 7.88. The number of rotatable bonds is 5. The van der Waals surface area contributed by atoms with Crippen molar-refractivity contribution in [2.45, 2.75) is 56.4 Å². The maximum absolute atomic E-state index is 13.1. The molecule has 7 nitrogen and oxygen atoms in total. The van der Waals surface area contributed by atoms with Gasteiger partial charge in [0.05, 0.1) is 11.0 Å². The highest BCUT2D eigenvalue weighted by Gasteiger charge is 2.27. The van der Waals surface area contributed by atoms with Gasteiger partial charge in [-0.1, -0.05) is 12.8 Å². The van der Waals surface area contributed by atoms with Crippen molar-refractivity contribution in [3.63, 3.8) is 0 Å². The lowest BCUT2D eigenvalue weighted by molar-refractivity contribution is 0.0836. The molecule has 3 heterocycles. The zero-order chi connectivity index (χ0) is 20.4. The number of fused-ring (bicyclic) bond motifs is 1. The van der Waals surface area contributed by atoms with Gasteiger partial charge in [-0.05, 0) is 50.8 Å². The molecule has 0 aliphatic carbocycles. The summed E-state index contributed by atoms with van der Waals surface area (Å²) in [5.41, 5.74) is 1.16. The highest BCUT2D eigenvalue weighted by atomic mass is 32.2. The highest BCUT2D eigenvalue weighted by Crippen LogP contribution is 2.29. The Morgan fingerprint density at radius 3 is 2.62 bits per heavy atom. The molecule has 2 saturated heterocycles. The van der Waals surface area contributed by atoms with Crippen LogP contribution in [0.1, 0.15) is 54.6 Å². The molecule has 0 bridgehead atoms. The van der Waals surface area contributed by atoms with Crippen LogP contribution >= 0.6 is 0 Å². The Kier molecular flexibility index (Phi) is 5.94. The molecular weight excluding hydrogens is 392 g/mol. The number of carbonyl (C=O) groups is 1. The first-order chi connectivity index (χ1) is 14.0.